The maximum Gasteiger partial charge on any atom is 0.220 e. The van der Waals surface area contributed by atoms with E-state index in [4.69, 9.17) is 4.42 Å². The van der Waals surface area contributed by atoms with E-state index in [0.29, 0.717) is 31.0 Å². The number of hydrogen-bond acceptors (Lipinski definition) is 4. The molecule has 0 saturated carbocycles. The van der Waals surface area contributed by atoms with Gasteiger partial charge in [0.15, 0.2) is 11.7 Å². The summed E-state index contributed by atoms with van der Waals surface area (Å²) in [4.78, 5) is 18.7. The maximum absolute atomic E-state index is 13.0. The molecule has 1 aromatic carbocycles. The third-order valence-electron chi connectivity index (χ3n) is 5.10. The quantitative estimate of drug-likeness (QED) is 0.718. The number of nitrogens with zero attached hydrogens (tertiary/aromatic N) is 2. The van der Waals surface area contributed by atoms with Crippen molar-refractivity contribution in [2.24, 2.45) is 5.92 Å². The molecule has 1 fully saturated rings. The van der Waals surface area contributed by atoms with Crippen molar-refractivity contribution in [3.8, 4) is 11.3 Å². The number of piperidine rings is 1. The van der Waals surface area contributed by atoms with Crippen molar-refractivity contribution in [1.82, 2.24) is 15.2 Å². The molecule has 6 heteroatoms. The molecule has 0 atom stereocenters. The molecule has 1 N–H and O–H groups in total. The molecule has 2 aromatic rings. The standard InChI is InChI=1S/C21H28FN3O2/c1-16-9-13-25(14-10-16)12-2-11-23-20(26)7-8-21-24-15-19(27-21)17-3-5-18(22)6-4-17/h3-6,15-16H,2,7-14H2,1H3,(H,23,26). The van der Waals surface area contributed by atoms with E-state index in [2.05, 4.69) is 22.1 Å². The summed E-state index contributed by atoms with van der Waals surface area (Å²) >= 11 is 0. The molecular weight excluding hydrogens is 345 g/mol. The Labute approximate surface area is 160 Å². The minimum Gasteiger partial charge on any atom is -0.441 e. The largest absolute Gasteiger partial charge is 0.441 e. The normalized spacial score (nSPS) is 15.8. The number of aromatic nitrogens is 1. The molecule has 0 spiro atoms. The summed E-state index contributed by atoms with van der Waals surface area (Å²) in [5.41, 5.74) is 0.770. The van der Waals surface area contributed by atoms with E-state index in [1.54, 1.807) is 18.3 Å². The minimum absolute atomic E-state index is 0.0174. The van der Waals surface area contributed by atoms with Gasteiger partial charge in [0.1, 0.15) is 5.82 Å². The Balaban J connectivity index is 1.33. The van der Waals surface area contributed by atoms with Crippen molar-refractivity contribution in [3.05, 3.63) is 42.2 Å². The number of rotatable bonds is 8. The average Bonchev–Trinajstić information content (AvgIpc) is 3.14. The first-order chi connectivity index (χ1) is 13.1. The van der Waals surface area contributed by atoms with Crippen LogP contribution in [0.2, 0.25) is 0 Å². The summed E-state index contributed by atoms with van der Waals surface area (Å²) in [6, 6.07) is 6.07. The van der Waals surface area contributed by atoms with Crippen molar-refractivity contribution >= 4 is 5.91 Å². The average molecular weight is 373 g/mol. The molecule has 1 aromatic heterocycles. The van der Waals surface area contributed by atoms with E-state index in [0.717, 1.165) is 24.4 Å². The van der Waals surface area contributed by atoms with Gasteiger partial charge in [-0.05, 0) is 69.1 Å². The highest BCUT2D eigenvalue weighted by Crippen LogP contribution is 2.21. The number of hydrogen-bond donors (Lipinski definition) is 1. The number of benzene rings is 1. The van der Waals surface area contributed by atoms with Gasteiger partial charge in [-0.2, -0.15) is 0 Å². The Morgan fingerprint density at radius 3 is 2.78 bits per heavy atom. The van der Waals surface area contributed by atoms with Crippen molar-refractivity contribution < 1.29 is 13.6 Å². The first-order valence-electron chi connectivity index (χ1n) is 9.80. The van der Waals surface area contributed by atoms with Crippen molar-refractivity contribution in [2.75, 3.05) is 26.2 Å². The lowest BCUT2D eigenvalue weighted by molar-refractivity contribution is -0.121. The Morgan fingerprint density at radius 1 is 1.30 bits per heavy atom. The van der Waals surface area contributed by atoms with Crippen LogP contribution >= 0.6 is 0 Å². The number of nitrogens with one attached hydrogen (secondary N) is 1. The van der Waals surface area contributed by atoms with Crippen LogP contribution in [0.15, 0.2) is 34.9 Å². The lowest BCUT2D eigenvalue weighted by atomic mass is 9.99. The molecular formula is C21H28FN3O2. The highest BCUT2D eigenvalue weighted by Gasteiger charge is 2.15. The highest BCUT2D eigenvalue weighted by atomic mass is 19.1. The maximum atomic E-state index is 13.0. The number of oxazole rings is 1. The number of carbonyl (C=O) groups excluding carboxylic acids is 1. The van der Waals surface area contributed by atoms with Crippen molar-refractivity contribution in [1.29, 1.82) is 0 Å². The second-order valence-electron chi connectivity index (χ2n) is 7.35. The fourth-order valence-electron chi connectivity index (χ4n) is 3.30. The first kappa shape index (κ1) is 19.5. The lowest BCUT2D eigenvalue weighted by Crippen LogP contribution is -2.35. The van der Waals surface area contributed by atoms with E-state index >= 15 is 0 Å². The minimum atomic E-state index is -0.287. The second-order valence-corrected chi connectivity index (χ2v) is 7.35. The Morgan fingerprint density at radius 2 is 2.04 bits per heavy atom. The van der Waals surface area contributed by atoms with Gasteiger partial charge in [0, 0.05) is 24.9 Å². The lowest BCUT2D eigenvalue weighted by Gasteiger charge is -2.30. The number of aryl methyl sites for hydroxylation is 1. The van der Waals surface area contributed by atoms with Gasteiger partial charge >= 0.3 is 0 Å². The van der Waals surface area contributed by atoms with Crippen LogP contribution in [0.1, 0.15) is 38.5 Å². The summed E-state index contributed by atoms with van der Waals surface area (Å²) in [5.74, 6) is 1.68. The first-order valence-corrected chi connectivity index (χ1v) is 9.80. The van der Waals surface area contributed by atoms with Crippen LogP contribution < -0.4 is 5.32 Å². The Bertz CT molecular complexity index is 721. The van der Waals surface area contributed by atoms with E-state index in [-0.39, 0.29) is 11.7 Å². The van der Waals surface area contributed by atoms with Crippen LogP contribution in [0.3, 0.4) is 0 Å². The van der Waals surface area contributed by atoms with E-state index < -0.39 is 0 Å². The van der Waals surface area contributed by atoms with Gasteiger partial charge in [-0.1, -0.05) is 6.92 Å². The van der Waals surface area contributed by atoms with E-state index in [9.17, 15) is 9.18 Å². The van der Waals surface area contributed by atoms with Gasteiger partial charge in [0.2, 0.25) is 5.91 Å². The number of amides is 1. The molecule has 2 heterocycles. The van der Waals surface area contributed by atoms with Crippen LogP contribution in [0.5, 0.6) is 0 Å². The predicted molar refractivity (Wildman–Crippen MR) is 103 cm³/mol. The monoisotopic (exact) mass is 373 g/mol. The summed E-state index contributed by atoms with van der Waals surface area (Å²) in [7, 11) is 0. The Hall–Kier alpha value is -2.21. The molecule has 1 aliphatic heterocycles. The smallest absolute Gasteiger partial charge is 0.220 e. The van der Waals surface area contributed by atoms with Gasteiger partial charge < -0.3 is 14.6 Å². The summed E-state index contributed by atoms with van der Waals surface area (Å²) in [6.45, 7) is 6.42. The van der Waals surface area contributed by atoms with E-state index in [1.165, 1.54) is 38.1 Å². The van der Waals surface area contributed by atoms with Crippen LogP contribution in [0.25, 0.3) is 11.3 Å². The molecule has 0 unspecified atom stereocenters. The highest BCUT2D eigenvalue weighted by molar-refractivity contribution is 5.76. The van der Waals surface area contributed by atoms with Crippen molar-refractivity contribution in [2.45, 2.75) is 39.0 Å². The van der Waals surface area contributed by atoms with Gasteiger partial charge in [-0.3, -0.25) is 4.79 Å². The molecule has 5 nitrogen and oxygen atoms in total. The zero-order chi connectivity index (χ0) is 19.1. The molecule has 3 rings (SSSR count). The molecule has 27 heavy (non-hydrogen) atoms. The van der Waals surface area contributed by atoms with Crippen LogP contribution in [-0.4, -0.2) is 42.0 Å². The third kappa shape index (κ3) is 6.17. The zero-order valence-corrected chi connectivity index (χ0v) is 15.9. The summed E-state index contributed by atoms with van der Waals surface area (Å²) < 4.78 is 18.6. The summed E-state index contributed by atoms with van der Waals surface area (Å²) in [5, 5.41) is 2.97. The molecule has 1 amide bonds. The number of carbonyl (C=O) groups is 1. The Kier molecular flexibility index (Phi) is 6.98. The van der Waals surface area contributed by atoms with Crippen LogP contribution in [0.4, 0.5) is 4.39 Å². The van der Waals surface area contributed by atoms with Gasteiger partial charge in [0.25, 0.3) is 0 Å². The molecule has 146 valence electrons. The molecule has 0 radical (unpaired) electrons. The van der Waals surface area contributed by atoms with Gasteiger partial charge in [-0.15, -0.1) is 0 Å². The SMILES string of the molecule is CC1CCN(CCCNC(=O)CCc2ncc(-c3ccc(F)cc3)o2)CC1. The van der Waals surface area contributed by atoms with Crippen LogP contribution in [0, 0.1) is 11.7 Å². The summed E-state index contributed by atoms with van der Waals surface area (Å²) in [6.07, 6.45) is 5.96. The van der Waals surface area contributed by atoms with Crippen LogP contribution in [-0.2, 0) is 11.2 Å². The molecule has 1 aliphatic rings. The van der Waals surface area contributed by atoms with Gasteiger partial charge in [-0.25, -0.2) is 9.37 Å². The molecule has 0 bridgehead atoms. The predicted octanol–water partition coefficient (Wildman–Crippen LogP) is 3.65. The van der Waals surface area contributed by atoms with Gasteiger partial charge in [0.05, 0.1) is 6.20 Å². The number of likely N-dealkylation sites (tertiary alicyclic amines) is 1. The number of halogens is 1. The topological polar surface area (TPSA) is 58.4 Å². The third-order valence-corrected chi connectivity index (χ3v) is 5.10. The fourth-order valence-corrected chi connectivity index (χ4v) is 3.30. The second kappa shape index (κ2) is 9.65. The van der Waals surface area contributed by atoms with Crippen molar-refractivity contribution in [3.63, 3.8) is 0 Å². The fraction of sp³-hybridized carbons (Fsp3) is 0.524. The molecule has 0 aliphatic carbocycles. The molecule has 1 saturated heterocycles. The van der Waals surface area contributed by atoms with E-state index in [1.807, 2.05) is 0 Å². The zero-order valence-electron chi connectivity index (χ0n) is 15.9.